The Labute approximate surface area is 208 Å². The Morgan fingerprint density at radius 3 is 3.00 bits per heavy atom. The number of nitrogens with zero attached hydrogens (tertiary/aromatic N) is 5. The molecule has 0 aliphatic carbocycles. The number of amides is 1. The lowest BCUT2D eigenvalue weighted by molar-refractivity contribution is -0.126. The number of hydrogen-bond donors (Lipinski definition) is 1. The molecule has 4 aromatic rings. The lowest BCUT2D eigenvalue weighted by atomic mass is 9.96. The number of aromatic nitrogens is 5. The number of benzene rings is 1. The maximum Gasteiger partial charge on any atom is 0.246 e. The van der Waals surface area contributed by atoms with Crippen molar-refractivity contribution in [3.05, 3.63) is 70.8 Å². The zero-order valence-corrected chi connectivity index (χ0v) is 20.4. The first-order chi connectivity index (χ1) is 17.6. The van der Waals surface area contributed by atoms with Crippen LogP contribution in [0.15, 0.2) is 45.4 Å². The summed E-state index contributed by atoms with van der Waals surface area (Å²) in [5, 5.41) is 14.5. The van der Waals surface area contributed by atoms with E-state index in [2.05, 4.69) is 32.5 Å². The van der Waals surface area contributed by atoms with Crippen LogP contribution in [-0.2, 0) is 30.8 Å². The largest absolute Gasteiger partial charge is 0.486 e. The molecule has 1 N–H and O–H groups in total. The van der Waals surface area contributed by atoms with Crippen molar-refractivity contribution in [2.45, 2.75) is 52.7 Å². The van der Waals surface area contributed by atoms with Gasteiger partial charge in [0.1, 0.15) is 29.6 Å². The number of unbranched alkanes of at least 4 members (excludes halogenated alkanes) is 1. The Balaban J connectivity index is 1.36. The van der Waals surface area contributed by atoms with Crippen molar-refractivity contribution in [3.63, 3.8) is 0 Å². The van der Waals surface area contributed by atoms with Crippen molar-refractivity contribution in [2.24, 2.45) is 0 Å². The number of ether oxygens (including phenoxy) is 1. The van der Waals surface area contributed by atoms with Crippen molar-refractivity contribution in [1.29, 1.82) is 0 Å². The highest BCUT2D eigenvalue weighted by atomic mass is 16.5. The van der Waals surface area contributed by atoms with Crippen LogP contribution in [0.25, 0.3) is 17.5 Å². The summed E-state index contributed by atoms with van der Waals surface area (Å²) in [6, 6.07) is 7.58. The minimum atomic E-state index is -0.0698. The van der Waals surface area contributed by atoms with E-state index in [1.165, 1.54) is 0 Å². The summed E-state index contributed by atoms with van der Waals surface area (Å²) in [7, 11) is 0. The molecule has 1 aromatic carbocycles. The molecule has 0 bridgehead atoms. The highest BCUT2D eigenvalue weighted by Crippen LogP contribution is 2.34. The Morgan fingerprint density at radius 2 is 2.22 bits per heavy atom. The number of nitrogens with one attached hydrogen (secondary N) is 1. The predicted molar refractivity (Wildman–Crippen MR) is 131 cm³/mol. The van der Waals surface area contributed by atoms with Crippen LogP contribution in [0.1, 0.15) is 54.0 Å². The molecule has 0 unspecified atom stereocenters. The number of aryl methyl sites for hydroxylation is 2. The molecule has 4 heterocycles. The van der Waals surface area contributed by atoms with Crippen molar-refractivity contribution in [1.82, 2.24) is 30.5 Å². The zero-order chi connectivity index (χ0) is 24.9. The molecule has 10 heteroatoms. The summed E-state index contributed by atoms with van der Waals surface area (Å²) >= 11 is 0. The summed E-state index contributed by atoms with van der Waals surface area (Å²) in [5.41, 5.74) is 3.65. The van der Waals surface area contributed by atoms with E-state index in [0.29, 0.717) is 36.8 Å². The van der Waals surface area contributed by atoms with Crippen LogP contribution in [0.2, 0.25) is 0 Å². The van der Waals surface area contributed by atoms with Crippen LogP contribution in [0, 0.1) is 6.92 Å². The molecule has 36 heavy (non-hydrogen) atoms. The molecule has 0 atom stereocenters. The Hall–Kier alpha value is -4.21. The van der Waals surface area contributed by atoms with E-state index in [1.807, 2.05) is 25.1 Å². The minimum Gasteiger partial charge on any atom is -0.486 e. The third kappa shape index (κ3) is 5.22. The molecular formula is C26H28N6O4. The molecule has 186 valence electrons. The lowest BCUT2D eigenvalue weighted by Crippen LogP contribution is -2.34. The van der Waals surface area contributed by atoms with Crippen molar-refractivity contribution in [2.75, 3.05) is 6.54 Å². The molecule has 0 radical (unpaired) electrons. The topological polar surface area (TPSA) is 123 Å². The highest BCUT2D eigenvalue weighted by molar-refractivity contribution is 5.91. The van der Waals surface area contributed by atoms with Crippen LogP contribution < -0.4 is 4.74 Å². The zero-order valence-electron chi connectivity index (χ0n) is 20.4. The third-order valence-electron chi connectivity index (χ3n) is 6.19. The molecule has 0 saturated heterocycles. The Bertz CT molecular complexity index is 1340. The standard InChI is InChI=1S/C26H28N6O4/c1-3-4-7-24-27-22(17(2)36-24)16-35-23-14-19-15-32(25(33)9-8-20-6-5-12-34-20)11-10-18(19)13-21(23)26-28-30-31-29-26/h5-6,8-9,12-14H,3-4,7,10-11,15-16H2,1-2H3,(H,28,29,30,31)/b9-8+. The minimum absolute atomic E-state index is 0.0698. The molecule has 0 fully saturated rings. The molecule has 5 rings (SSSR count). The maximum atomic E-state index is 12.8. The Morgan fingerprint density at radius 1 is 1.31 bits per heavy atom. The monoisotopic (exact) mass is 488 g/mol. The summed E-state index contributed by atoms with van der Waals surface area (Å²) in [4.78, 5) is 19.2. The fourth-order valence-corrected chi connectivity index (χ4v) is 4.19. The number of oxazole rings is 1. The van der Waals surface area contributed by atoms with Crippen molar-refractivity contribution >= 4 is 12.0 Å². The van der Waals surface area contributed by atoms with Gasteiger partial charge in [0.2, 0.25) is 11.7 Å². The van der Waals surface area contributed by atoms with Crippen LogP contribution in [-0.4, -0.2) is 43.0 Å². The van der Waals surface area contributed by atoms with Crippen LogP contribution >= 0.6 is 0 Å². The van der Waals surface area contributed by atoms with Crippen LogP contribution in [0.5, 0.6) is 5.75 Å². The first-order valence-electron chi connectivity index (χ1n) is 12.1. The summed E-state index contributed by atoms with van der Waals surface area (Å²) in [6.45, 7) is 5.37. The normalized spacial score (nSPS) is 13.3. The smallest absolute Gasteiger partial charge is 0.246 e. The van der Waals surface area contributed by atoms with Gasteiger partial charge in [0.25, 0.3) is 0 Å². The lowest BCUT2D eigenvalue weighted by Gasteiger charge is -2.29. The average molecular weight is 489 g/mol. The molecule has 0 spiro atoms. The summed E-state index contributed by atoms with van der Waals surface area (Å²) in [5.74, 6) is 3.11. The number of tetrazole rings is 1. The number of carbonyl (C=O) groups is 1. The number of furan rings is 1. The average Bonchev–Trinajstić information content (AvgIpc) is 3.67. The number of aromatic amines is 1. The maximum absolute atomic E-state index is 12.8. The second-order valence-electron chi connectivity index (χ2n) is 8.71. The number of H-pyrrole nitrogens is 1. The molecule has 3 aromatic heterocycles. The van der Waals surface area contributed by atoms with Gasteiger partial charge in [0.05, 0.1) is 11.8 Å². The number of hydrogen-bond acceptors (Lipinski definition) is 8. The van der Waals surface area contributed by atoms with Gasteiger partial charge in [0, 0.05) is 25.6 Å². The first-order valence-corrected chi connectivity index (χ1v) is 12.1. The van der Waals surface area contributed by atoms with Gasteiger partial charge in [-0.15, -0.1) is 10.2 Å². The van der Waals surface area contributed by atoms with Gasteiger partial charge in [-0.05, 0) is 66.4 Å². The number of fused-ring (bicyclic) bond motifs is 1. The fraction of sp³-hybridized carbons (Fsp3) is 0.346. The predicted octanol–water partition coefficient (Wildman–Crippen LogP) is 4.28. The van der Waals surface area contributed by atoms with Gasteiger partial charge < -0.3 is 18.5 Å². The molecule has 0 saturated carbocycles. The number of rotatable bonds is 9. The molecular weight excluding hydrogens is 460 g/mol. The Kier molecular flexibility index (Phi) is 6.92. The van der Waals surface area contributed by atoms with Gasteiger partial charge in [-0.1, -0.05) is 13.3 Å². The van der Waals surface area contributed by atoms with Gasteiger partial charge in [-0.3, -0.25) is 4.79 Å². The quantitative estimate of drug-likeness (QED) is 0.346. The third-order valence-corrected chi connectivity index (χ3v) is 6.19. The van der Waals surface area contributed by atoms with Gasteiger partial charge >= 0.3 is 0 Å². The van der Waals surface area contributed by atoms with E-state index in [-0.39, 0.29) is 12.5 Å². The summed E-state index contributed by atoms with van der Waals surface area (Å²) in [6.07, 6.45) is 8.43. The highest BCUT2D eigenvalue weighted by Gasteiger charge is 2.23. The molecule has 1 aliphatic heterocycles. The van der Waals surface area contributed by atoms with Crippen molar-refractivity contribution in [3.8, 4) is 17.1 Å². The second-order valence-corrected chi connectivity index (χ2v) is 8.71. The van der Waals surface area contributed by atoms with E-state index in [0.717, 1.165) is 53.3 Å². The van der Waals surface area contributed by atoms with Crippen LogP contribution in [0.4, 0.5) is 0 Å². The first kappa shape index (κ1) is 23.5. The SMILES string of the molecule is CCCCc1nc(COc2cc3c(cc2-c2nn[nH]n2)CCN(C(=O)/C=C/c2ccco2)C3)c(C)o1. The van der Waals surface area contributed by atoms with Gasteiger partial charge in [0.15, 0.2) is 5.89 Å². The van der Waals surface area contributed by atoms with Gasteiger partial charge in [-0.2, -0.15) is 5.21 Å². The van der Waals surface area contributed by atoms with E-state index >= 15 is 0 Å². The van der Waals surface area contributed by atoms with Crippen molar-refractivity contribution < 1.29 is 18.4 Å². The number of carbonyl (C=O) groups excluding carboxylic acids is 1. The van der Waals surface area contributed by atoms with Gasteiger partial charge in [-0.25, -0.2) is 4.98 Å². The van der Waals surface area contributed by atoms with E-state index in [4.69, 9.17) is 13.6 Å². The van der Waals surface area contributed by atoms with E-state index in [1.54, 1.807) is 29.4 Å². The second kappa shape index (κ2) is 10.6. The van der Waals surface area contributed by atoms with E-state index < -0.39 is 0 Å². The molecule has 1 aliphatic rings. The summed E-state index contributed by atoms with van der Waals surface area (Å²) < 4.78 is 17.3. The fourth-order valence-electron chi connectivity index (χ4n) is 4.19. The van der Waals surface area contributed by atoms with Crippen LogP contribution in [0.3, 0.4) is 0 Å². The molecule has 1 amide bonds. The van der Waals surface area contributed by atoms with E-state index in [9.17, 15) is 4.79 Å². The molecule has 10 nitrogen and oxygen atoms in total.